The number of hydrogen-bond acceptors (Lipinski definition) is 8. The molecule has 0 saturated heterocycles. The summed E-state index contributed by atoms with van der Waals surface area (Å²) in [6.07, 6.45) is 10.1. The third kappa shape index (κ3) is 4.13. The molecule has 4 rings (SSSR count). The largest absolute Gasteiger partial charge is 0.364 e. The van der Waals surface area contributed by atoms with Crippen LogP contribution in [0.15, 0.2) is 18.5 Å². The quantitative estimate of drug-likeness (QED) is 0.602. The van der Waals surface area contributed by atoms with E-state index in [-0.39, 0.29) is 23.6 Å². The third-order valence-corrected chi connectivity index (χ3v) is 5.12. The van der Waals surface area contributed by atoms with Gasteiger partial charge in [0.1, 0.15) is 0 Å². The van der Waals surface area contributed by atoms with E-state index in [1.54, 1.807) is 6.20 Å². The van der Waals surface area contributed by atoms with Gasteiger partial charge >= 0.3 is 0 Å². The van der Waals surface area contributed by atoms with Crippen LogP contribution < -0.4 is 22.1 Å². The maximum absolute atomic E-state index is 11.7. The molecule has 142 valence electrons. The average molecular weight is 368 g/mol. The second-order valence-electron chi connectivity index (χ2n) is 7.30. The van der Waals surface area contributed by atoms with Crippen molar-refractivity contribution < 1.29 is 4.79 Å². The Labute approximate surface area is 157 Å². The Morgan fingerprint density at radius 2 is 1.93 bits per heavy atom. The molecule has 0 unspecified atom stereocenters. The van der Waals surface area contributed by atoms with Crippen LogP contribution in [-0.2, 0) is 0 Å². The molecule has 2 saturated carbocycles. The van der Waals surface area contributed by atoms with Gasteiger partial charge in [-0.05, 0) is 43.2 Å². The zero-order valence-electron chi connectivity index (χ0n) is 15.1. The topological polar surface area (TPSA) is 145 Å². The zero-order valence-corrected chi connectivity index (χ0v) is 15.1. The lowest BCUT2D eigenvalue weighted by atomic mass is 9.91. The number of carbonyl (C=O) groups is 1. The van der Waals surface area contributed by atoms with Crippen molar-refractivity contribution in [3.05, 3.63) is 29.7 Å². The van der Waals surface area contributed by atoms with Gasteiger partial charge in [0.25, 0.3) is 5.91 Å². The predicted molar refractivity (Wildman–Crippen MR) is 102 cm³/mol. The summed E-state index contributed by atoms with van der Waals surface area (Å²) < 4.78 is 0. The van der Waals surface area contributed by atoms with Gasteiger partial charge in [-0.3, -0.25) is 9.78 Å². The molecule has 2 aromatic heterocycles. The van der Waals surface area contributed by atoms with E-state index in [4.69, 9.17) is 11.5 Å². The first-order valence-corrected chi connectivity index (χ1v) is 9.39. The minimum atomic E-state index is -0.690. The van der Waals surface area contributed by atoms with E-state index in [0.717, 1.165) is 31.4 Å². The summed E-state index contributed by atoms with van der Waals surface area (Å²) in [4.78, 5) is 20.4. The third-order valence-electron chi connectivity index (χ3n) is 5.12. The molecule has 2 heterocycles. The number of primary amides is 1. The molecule has 1 amide bonds. The molecule has 6 N–H and O–H groups in total. The maximum atomic E-state index is 11.7. The first-order valence-electron chi connectivity index (χ1n) is 9.39. The molecule has 0 bridgehead atoms. The molecule has 2 aliphatic carbocycles. The van der Waals surface area contributed by atoms with E-state index >= 15 is 0 Å². The molecule has 2 fully saturated rings. The highest BCUT2D eigenvalue weighted by molar-refractivity contribution is 5.96. The van der Waals surface area contributed by atoms with Gasteiger partial charge in [-0.25, -0.2) is 0 Å². The number of nitrogens with one attached hydrogen (secondary N) is 2. The lowest BCUT2D eigenvalue weighted by Gasteiger charge is -2.29. The molecule has 0 aromatic carbocycles. The highest BCUT2D eigenvalue weighted by Gasteiger charge is 2.25. The van der Waals surface area contributed by atoms with Gasteiger partial charge in [-0.15, -0.1) is 10.2 Å². The molecular weight excluding hydrogens is 344 g/mol. The highest BCUT2D eigenvalue weighted by Crippen LogP contribution is 2.40. The summed E-state index contributed by atoms with van der Waals surface area (Å²) in [6, 6.07) is 2.16. The fourth-order valence-corrected chi connectivity index (χ4v) is 3.45. The van der Waals surface area contributed by atoms with Crippen LogP contribution in [0.5, 0.6) is 0 Å². The standard InChI is InChI=1S/C18H24N8O/c19-13-3-1-2-4-14(13)23-18-24-17(15(16(20)27)25-26-18)22-12-7-11(8-21-9-12)10-5-6-10/h7-10,13-14H,1-6,19H2,(H2,20,27)(H2,22,23,24,26)/t13-,14+/m0/s1. The summed E-state index contributed by atoms with van der Waals surface area (Å²) in [5, 5.41) is 14.3. The number of pyridine rings is 1. The summed E-state index contributed by atoms with van der Waals surface area (Å²) in [5.74, 6) is 0.475. The molecule has 2 aromatic rings. The number of hydrogen-bond donors (Lipinski definition) is 4. The van der Waals surface area contributed by atoms with Crippen molar-refractivity contribution in [2.75, 3.05) is 10.6 Å². The smallest absolute Gasteiger partial charge is 0.273 e. The van der Waals surface area contributed by atoms with Gasteiger partial charge in [0, 0.05) is 18.3 Å². The minimum absolute atomic E-state index is 0.00897. The predicted octanol–water partition coefficient (Wildman–Crippen LogP) is 1.67. The lowest BCUT2D eigenvalue weighted by Crippen LogP contribution is -2.43. The van der Waals surface area contributed by atoms with Crippen molar-refractivity contribution >= 4 is 23.4 Å². The Kier molecular flexibility index (Phi) is 4.85. The minimum Gasteiger partial charge on any atom is -0.364 e. The monoisotopic (exact) mass is 368 g/mol. The summed E-state index contributed by atoms with van der Waals surface area (Å²) in [7, 11) is 0. The van der Waals surface area contributed by atoms with Crippen LogP contribution in [0.1, 0.15) is 60.5 Å². The van der Waals surface area contributed by atoms with Crippen molar-refractivity contribution in [2.24, 2.45) is 11.5 Å². The molecule has 9 nitrogen and oxygen atoms in total. The molecule has 2 aliphatic rings. The molecular formula is C18H24N8O. The Hall–Kier alpha value is -2.81. The SMILES string of the molecule is NC(=O)c1nnc(N[C@@H]2CCCC[C@@H]2N)nc1Nc1cncc(C2CC2)c1. The summed E-state index contributed by atoms with van der Waals surface area (Å²) in [6.45, 7) is 0. The highest BCUT2D eigenvalue weighted by atomic mass is 16.1. The van der Waals surface area contributed by atoms with E-state index in [9.17, 15) is 4.79 Å². The van der Waals surface area contributed by atoms with Crippen LogP contribution in [0.4, 0.5) is 17.5 Å². The van der Waals surface area contributed by atoms with Gasteiger partial charge < -0.3 is 22.1 Å². The van der Waals surface area contributed by atoms with Crippen molar-refractivity contribution in [1.82, 2.24) is 20.2 Å². The molecule has 9 heteroatoms. The van der Waals surface area contributed by atoms with E-state index < -0.39 is 5.91 Å². The Bertz CT molecular complexity index is 838. The molecule has 2 atom stereocenters. The van der Waals surface area contributed by atoms with Gasteiger partial charge in [0.05, 0.1) is 11.9 Å². The van der Waals surface area contributed by atoms with E-state index in [1.165, 1.54) is 18.4 Å². The van der Waals surface area contributed by atoms with Crippen LogP contribution in [0.3, 0.4) is 0 Å². The Morgan fingerprint density at radius 3 is 2.67 bits per heavy atom. The Morgan fingerprint density at radius 1 is 1.11 bits per heavy atom. The number of anilines is 3. The van der Waals surface area contributed by atoms with Crippen LogP contribution in [0.25, 0.3) is 0 Å². The van der Waals surface area contributed by atoms with Gasteiger partial charge in [-0.2, -0.15) is 4.98 Å². The second kappa shape index (κ2) is 7.43. The van der Waals surface area contributed by atoms with E-state index in [1.807, 2.05) is 12.3 Å². The van der Waals surface area contributed by atoms with E-state index in [2.05, 4.69) is 30.8 Å². The normalized spacial score (nSPS) is 22.3. The number of rotatable bonds is 6. The maximum Gasteiger partial charge on any atom is 0.273 e. The van der Waals surface area contributed by atoms with Crippen LogP contribution >= 0.6 is 0 Å². The first kappa shape index (κ1) is 17.6. The van der Waals surface area contributed by atoms with Crippen LogP contribution in [0.2, 0.25) is 0 Å². The molecule has 0 spiro atoms. The number of amides is 1. The van der Waals surface area contributed by atoms with Gasteiger partial charge in [-0.1, -0.05) is 12.8 Å². The molecule has 27 heavy (non-hydrogen) atoms. The second-order valence-corrected chi connectivity index (χ2v) is 7.30. The molecule has 0 radical (unpaired) electrons. The van der Waals surface area contributed by atoms with Crippen molar-refractivity contribution in [3.63, 3.8) is 0 Å². The van der Waals surface area contributed by atoms with E-state index in [0.29, 0.717) is 11.9 Å². The van der Waals surface area contributed by atoms with Crippen LogP contribution in [0, 0.1) is 0 Å². The first-order chi connectivity index (χ1) is 13.1. The van der Waals surface area contributed by atoms with Crippen molar-refractivity contribution in [1.29, 1.82) is 0 Å². The number of nitrogens with two attached hydrogens (primary N) is 2. The van der Waals surface area contributed by atoms with Gasteiger partial charge in [0.2, 0.25) is 5.95 Å². The zero-order chi connectivity index (χ0) is 18.8. The lowest BCUT2D eigenvalue weighted by molar-refractivity contribution is 0.0995. The number of nitrogens with zero attached hydrogens (tertiary/aromatic N) is 4. The molecule has 0 aliphatic heterocycles. The van der Waals surface area contributed by atoms with Crippen LogP contribution in [-0.4, -0.2) is 38.2 Å². The fourth-order valence-electron chi connectivity index (χ4n) is 3.45. The van der Waals surface area contributed by atoms with Crippen molar-refractivity contribution in [3.8, 4) is 0 Å². The van der Waals surface area contributed by atoms with Crippen molar-refractivity contribution in [2.45, 2.75) is 56.5 Å². The van der Waals surface area contributed by atoms with Gasteiger partial charge in [0.15, 0.2) is 11.5 Å². The average Bonchev–Trinajstić information content (AvgIpc) is 3.49. The summed E-state index contributed by atoms with van der Waals surface area (Å²) >= 11 is 0. The Balaban J connectivity index is 1.57. The number of aromatic nitrogens is 4. The summed E-state index contributed by atoms with van der Waals surface area (Å²) in [5.41, 5.74) is 13.5. The fraction of sp³-hybridized carbons (Fsp3) is 0.500. The number of carbonyl (C=O) groups excluding carboxylic acids is 1.